The van der Waals surface area contributed by atoms with Crippen molar-refractivity contribution in [2.24, 2.45) is 7.05 Å². The van der Waals surface area contributed by atoms with Crippen molar-refractivity contribution in [1.29, 1.82) is 0 Å². The molecule has 0 unspecified atom stereocenters. The summed E-state index contributed by atoms with van der Waals surface area (Å²) in [6.45, 7) is 5.05. The Balaban J connectivity index is 1.65. The summed E-state index contributed by atoms with van der Waals surface area (Å²) in [5, 5.41) is 3.36. The second kappa shape index (κ2) is 9.57. The smallest absolute Gasteiger partial charge is 0.332 e. The Morgan fingerprint density at radius 1 is 1.12 bits per heavy atom. The van der Waals surface area contributed by atoms with E-state index in [4.69, 9.17) is 14.5 Å². The predicted octanol–water partition coefficient (Wildman–Crippen LogP) is 0.722. The minimum atomic E-state index is -0.385. The molecule has 176 valence electrons. The Morgan fingerprint density at radius 2 is 1.85 bits per heavy atom. The van der Waals surface area contributed by atoms with Gasteiger partial charge in [-0.3, -0.25) is 18.5 Å². The number of hydrogen-bond acceptors (Lipinski definition) is 7. The van der Waals surface area contributed by atoms with E-state index in [1.807, 2.05) is 16.7 Å². The number of anilines is 1. The van der Waals surface area contributed by atoms with Crippen LogP contribution in [0.5, 0.6) is 0 Å². The van der Waals surface area contributed by atoms with E-state index in [1.165, 1.54) is 9.13 Å². The SMILES string of the molecule is Cn1c(=O)n(CCC2OCCO2)c(=O)c2c1nc(N1CCNCC1)n2Cc1ccccc1I. The van der Waals surface area contributed by atoms with Gasteiger partial charge in [0.05, 0.1) is 19.8 Å². The molecule has 1 aromatic carbocycles. The van der Waals surface area contributed by atoms with Crippen molar-refractivity contribution in [3.05, 3.63) is 54.2 Å². The number of hydrogen-bond donors (Lipinski definition) is 1. The molecule has 2 saturated heterocycles. The molecular formula is C22H27IN6O4. The number of aryl methyl sites for hydroxylation is 1. The van der Waals surface area contributed by atoms with Crippen LogP contribution in [0.2, 0.25) is 0 Å². The first-order valence-electron chi connectivity index (χ1n) is 11.2. The lowest BCUT2D eigenvalue weighted by molar-refractivity contribution is -0.0494. The zero-order valence-electron chi connectivity index (χ0n) is 18.5. The zero-order valence-corrected chi connectivity index (χ0v) is 20.7. The lowest BCUT2D eigenvalue weighted by Gasteiger charge is -2.28. The average molecular weight is 566 g/mol. The van der Waals surface area contributed by atoms with Crippen LogP contribution in [0, 0.1) is 3.57 Å². The van der Waals surface area contributed by atoms with E-state index in [0.29, 0.717) is 37.3 Å². The van der Waals surface area contributed by atoms with Gasteiger partial charge in [-0.15, -0.1) is 0 Å². The van der Waals surface area contributed by atoms with Crippen LogP contribution in [-0.2, 0) is 29.6 Å². The standard InChI is InChI=1S/C22H27IN6O4/c1-26-19-18(20(30)28(22(26)31)9-6-17-32-12-13-33-17)29(14-15-4-2-3-5-16(15)23)21(25-19)27-10-7-24-8-11-27/h2-5,17,24H,6-14H2,1H3. The van der Waals surface area contributed by atoms with Gasteiger partial charge in [-0.25, -0.2) is 4.79 Å². The molecule has 0 spiro atoms. The number of nitrogens with one attached hydrogen (secondary N) is 1. The number of aromatic nitrogens is 4. The lowest BCUT2D eigenvalue weighted by atomic mass is 10.2. The fourth-order valence-corrected chi connectivity index (χ4v) is 4.98. The number of halogens is 1. The lowest BCUT2D eigenvalue weighted by Crippen LogP contribution is -2.44. The molecule has 33 heavy (non-hydrogen) atoms. The van der Waals surface area contributed by atoms with Crippen molar-refractivity contribution < 1.29 is 9.47 Å². The van der Waals surface area contributed by atoms with Gasteiger partial charge in [-0.2, -0.15) is 4.98 Å². The van der Waals surface area contributed by atoms with Crippen LogP contribution >= 0.6 is 22.6 Å². The molecule has 0 amide bonds. The number of imidazole rings is 1. The number of ether oxygens (including phenoxy) is 2. The Morgan fingerprint density at radius 3 is 2.58 bits per heavy atom. The first kappa shape index (κ1) is 22.6. The van der Waals surface area contributed by atoms with Gasteiger partial charge in [-0.05, 0) is 34.2 Å². The van der Waals surface area contributed by atoms with Crippen LogP contribution in [0.4, 0.5) is 5.95 Å². The molecule has 4 heterocycles. The van der Waals surface area contributed by atoms with E-state index >= 15 is 0 Å². The summed E-state index contributed by atoms with van der Waals surface area (Å²) in [5.41, 5.74) is 1.25. The minimum absolute atomic E-state index is 0.225. The van der Waals surface area contributed by atoms with E-state index < -0.39 is 0 Å². The number of fused-ring (bicyclic) bond motifs is 1. The molecule has 5 rings (SSSR count). The van der Waals surface area contributed by atoms with E-state index in [0.717, 1.165) is 41.3 Å². The maximum Gasteiger partial charge on any atom is 0.332 e. The molecule has 0 radical (unpaired) electrons. The largest absolute Gasteiger partial charge is 0.350 e. The quantitative estimate of drug-likeness (QED) is 0.440. The van der Waals surface area contributed by atoms with E-state index in [9.17, 15) is 9.59 Å². The van der Waals surface area contributed by atoms with E-state index in [-0.39, 0.29) is 24.1 Å². The van der Waals surface area contributed by atoms with Gasteiger partial charge >= 0.3 is 5.69 Å². The highest BCUT2D eigenvalue weighted by atomic mass is 127. The van der Waals surface area contributed by atoms with Crippen molar-refractivity contribution in [2.45, 2.75) is 25.8 Å². The van der Waals surface area contributed by atoms with E-state index in [2.05, 4.69) is 44.9 Å². The van der Waals surface area contributed by atoms with Crippen LogP contribution in [0.1, 0.15) is 12.0 Å². The number of rotatable bonds is 6. The van der Waals surface area contributed by atoms with Crippen molar-refractivity contribution in [2.75, 3.05) is 44.3 Å². The Labute approximate surface area is 204 Å². The van der Waals surface area contributed by atoms with E-state index in [1.54, 1.807) is 7.05 Å². The summed E-state index contributed by atoms with van der Waals surface area (Å²) >= 11 is 2.31. The molecule has 2 aromatic heterocycles. The third-order valence-corrected chi connectivity index (χ3v) is 7.23. The molecular weight excluding hydrogens is 539 g/mol. The van der Waals surface area contributed by atoms with Crippen LogP contribution in [0.3, 0.4) is 0 Å². The number of benzene rings is 1. The van der Waals surface area contributed by atoms with Gasteiger partial charge in [0.15, 0.2) is 17.5 Å². The fourth-order valence-electron chi connectivity index (χ4n) is 4.42. The molecule has 0 saturated carbocycles. The van der Waals surface area contributed by atoms with Gasteiger partial charge in [-0.1, -0.05) is 18.2 Å². The second-order valence-electron chi connectivity index (χ2n) is 8.26. The molecule has 2 aliphatic heterocycles. The minimum Gasteiger partial charge on any atom is -0.350 e. The van der Waals surface area contributed by atoms with Crippen molar-refractivity contribution >= 4 is 39.7 Å². The van der Waals surface area contributed by atoms with Crippen LogP contribution in [0.25, 0.3) is 11.2 Å². The van der Waals surface area contributed by atoms with Gasteiger partial charge in [0.1, 0.15) is 0 Å². The molecule has 0 aliphatic carbocycles. The molecule has 2 aliphatic rings. The number of piperazine rings is 1. The third-order valence-electron chi connectivity index (χ3n) is 6.18. The van der Waals surface area contributed by atoms with Crippen molar-refractivity contribution in [3.63, 3.8) is 0 Å². The highest BCUT2D eigenvalue weighted by molar-refractivity contribution is 14.1. The summed E-state index contributed by atoms with van der Waals surface area (Å²) in [6, 6.07) is 8.11. The summed E-state index contributed by atoms with van der Waals surface area (Å²) in [4.78, 5) is 33.8. The molecule has 3 aromatic rings. The van der Waals surface area contributed by atoms with Crippen molar-refractivity contribution in [1.82, 2.24) is 24.0 Å². The summed E-state index contributed by atoms with van der Waals surface area (Å²) in [7, 11) is 1.67. The average Bonchev–Trinajstić information content (AvgIpc) is 3.48. The fraction of sp³-hybridized carbons (Fsp3) is 0.500. The molecule has 0 atom stereocenters. The van der Waals surface area contributed by atoms with Crippen LogP contribution < -0.4 is 21.5 Å². The Bertz CT molecular complexity index is 1270. The van der Waals surface area contributed by atoms with Gasteiger partial charge in [0, 0.05) is 49.8 Å². The maximum absolute atomic E-state index is 13.7. The van der Waals surface area contributed by atoms with Crippen LogP contribution in [-0.4, -0.2) is 64.4 Å². The summed E-state index contributed by atoms with van der Waals surface area (Å²) < 4.78 is 16.8. The maximum atomic E-state index is 13.7. The Hall–Kier alpha value is -2.22. The van der Waals surface area contributed by atoms with Crippen LogP contribution in [0.15, 0.2) is 33.9 Å². The molecule has 0 bridgehead atoms. The molecule has 10 nitrogen and oxygen atoms in total. The normalized spacial score (nSPS) is 17.3. The van der Waals surface area contributed by atoms with Gasteiger partial charge in [0.25, 0.3) is 5.56 Å². The van der Waals surface area contributed by atoms with Gasteiger partial charge < -0.3 is 19.7 Å². The molecule has 1 N–H and O–H groups in total. The summed E-state index contributed by atoms with van der Waals surface area (Å²) in [6.07, 6.45) is 0.0558. The Kier molecular flexibility index (Phi) is 6.54. The highest BCUT2D eigenvalue weighted by Gasteiger charge is 2.25. The summed E-state index contributed by atoms with van der Waals surface area (Å²) in [5.74, 6) is 0.721. The van der Waals surface area contributed by atoms with Crippen molar-refractivity contribution in [3.8, 4) is 0 Å². The zero-order chi connectivity index (χ0) is 22.9. The number of nitrogens with zero attached hydrogens (tertiary/aromatic N) is 5. The topological polar surface area (TPSA) is 95.5 Å². The second-order valence-corrected chi connectivity index (χ2v) is 9.42. The monoisotopic (exact) mass is 566 g/mol. The molecule has 11 heteroatoms. The first-order valence-corrected chi connectivity index (χ1v) is 12.2. The highest BCUT2D eigenvalue weighted by Crippen LogP contribution is 2.23. The predicted molar refractivity (Wildman–Crippen MR) is 133 cm³/mol. The molecule has 2 fully saturated rings. The van der Waals surface area contributed by atoms with Gasteiger partial charge in [0.2, 0.25) is 5.95 Å². The third kappa shape index (κ3) is 4.34. The first-order chi connectivity index (χ1) is 16.0.